The molecule has 3 fully saturated rings. The van der Waals surface area contributed by atoms with Crippen molar-refractivity contribution in [2.75, 3.05) is 0 Å². The molecule has 3 aromatic heterocycles. The molecule has 9 aromatic carbocycles. The minimum Gasteiger partial charge on any atom is -0.399 e. The number of nitrogens with zero attached hydrogens (tertiary/aromatic N) is 3. The molecule has 6 heterocycles. The van der Waals surface area contributed by atoms with Crippen molar-refractivity contribution < 1.29 is 27.9 Å². The SMILES string of the molecule is CC1(C)OB(c2ccc(-n3c4ccccc4c4ccc(-c5ccc6c7ccc(-c8ccc9c%10ccccc%10n(-c%10ccc(B%11OC(C)(C)C(C)(C)O%11)cc%10)c9c8)cc7n(-c7ccc(B8OC(C)(C)C(C)(C)O8)cc7)c6c5)cc43)cc2)OC1(C)C. The zero-order valence-corrected chi connectivity index (χ0v) is 50.0. The average Bonchev–Trinajstić information content (AvgIpc) is 2.11. The molecule has 0 amide bonds. The van der Waals surface area contributed by atoms with Crippen molar-refractivity contribution in [1.29, 1.82) is 0 Å². The molecule has 15 rings (SSSR count). The molecule has 0 aliphatic carbocycles. The Morgan fingerprint density at radius 1 is 0.238 bits per heavy atom. The minimum atomic E-state index is -0.474. The number of hydrogen-bond donors (Lipinski definition) is 0. The summed E-state index contributed by atoms with van der Waals surface area (Å²) in [5.41, 5.74) is 14.9. The molecule has 0 unspecified atom stereocenters. The summed E-state index contributed by atoms with van der Waals surface area (Å²) in [4.78, 5) is 0. The Balaban J connectivity index is 0.852. The first-order valence-electron chi connectivity index (χ1n) is 29.6. The van der Waals surface area contributed by atoms with Gasteiger partial charge in [0.1, 0.15) is 0 Å². The van der Waals surface area contributed by atoms with Gasteiger partial charge in [0.05, 0.1) is 66.7 Å². The van der Waals surface area contributed by atoms with E-state index in [0.29, 0.717) is 0 Å². The molecule has 416 valence electrons. The van der Waals surface area contributed by atoms with E-state index in [1.54, 1.807) is 0 Å². The summed E-state index contributed by atoms with van der Waals surface area (Å²) in [7, 11) is -1.35. The number of hydrogen-bond acceptors (Lipinski definition) is 6. The largest absolute Gasteiger partial charge is 0.494 e. The molecule has 0 N–H and O–H groups in total. The average molecular weight is 1100 g/mol. The van der Waals surface area contributed by atoms with E-state index in [-0.39, 0.29) is 0 Å². The fourth-order valence-corrected chi connectivity index (χ4v) is 12.8. The van der Waals surface area contributed by atoms with Gasteiger partial charge in [-0.3, -0.25) is 0 Å². The summed E-state index contributed by atoms with van der Waals surface area (Å²) < 4.78 is 46.1. The molecule has 0 bridgehead atoms. The van der Waals surface area contributed by atoms with Crippen LogP contribution in [0.15, 0.2) is 194 Å². The Morgan fingerprint density at radius 3 is 0.702 bits per heavy atom. The highest BCUT2D eigenvalue weighted by Gasteiger charge is 2.54. The maximum Gasteiger partial charge on any atom is 0.494 e. The van der Waals surface area contributed by atoms with Crippen LogP contribution in [-0.4, -0.2) is 68.7 Å². The normalized spacial score (nSPS) is 18.7. The van der Waals surface area contributed by atoms with Crippen molar-refractivity contribution in [2.24, 2.45) is 0 Å². The standard InChI is InChI=1S/C72H68B3N3O6/c1-67(2)68(3,4)80-73(79-67)49-25-31-52(32-26-49)76-61-19-15-13-17-55(61)57-37-21-45(41-63(57)76)47-23-39-59-60-40-24-48(44-66(60)78(65(59)43-47)54-35-29-51(30-36-54)75-83-71(9,10)72(11,12)84-75)46-22-38-58-56-18-14-16-20-62(56)77(64(58)42-46)53-33-27-50(28-34-53)74-81-69(5,6)70(7,8)82-74/h13-44H,1-12H3. The van der Waals surface area contributed by atoms with E-state index >= 15 is 0 Å². The third-order valence-electron chi connectivity index (χ3n) is 19.8. The lowest BCUT2D eigenvalue weighted by Crippen LogP contribution is -2.41. The number of rotatable bonds is 8. The van der Waals surface area contributed by atoms with Gasteiger partial charge in [-0.1, -0.05) is 121 Å². The van der Waals surface area contributed by atoms with Gasteiger partial charge in [0.15, 0.2) is 0 Å². The highest BCUT2D eigenvalue weighted by molar-refractivity contribution is 6.63. The highest BCUT2D eigenvalue weighted by Crippen LogP contribution is 2.43. The Morgan fingerprint density at radius 2 is 0.452 bits per heavy atom. The molecule has 0 saturated carbocycles. The van der Waals surface area contributed by atoms with Crippen LogP contribution in [0.1, 0.15) is 83.1 Å². The lowest BCUT2D eigenvalue weighted by Gasteiger charge is -2.32. The summed E-state index contributed by atoms with van der Waals surface area (Å²) >= 11 is 0. The topological polar surface area (TPSA) is 70.2 Å². The molecule has 9 nitrogen and oxygen atoms in total. The molecule has 0 radical (unpaired) electrons. The summed E-state index contributed by atoms with van der Waals surface area (Å²) in [5.74, 6) is 0. The van der Waals surface area contributed by atoms with Gasteiger partial charge in [0.25, 0.3) is 0 Å². The van der Waals surface area contributed by atoms with Crippen LogP contribution >= 0.6 is 0 Å². The van der Waals surface area contributed by atoms with Gasteiger partial charge < -0.3 is 41.6 Å². The second-order valence-corrected chi connectivity index (χ2v) is 26.5. The molecule has 3 aliphatic heterocycles. The van der Waals surface area contributed by atoms with Crippen molar-refractivity contribution in [3.63, 3.8) is 0 Å². The number of benzene rings is 9. The summed E-state index contributed by atoms with van der Waals surface area (Å²) in [6.07, 6.45) is 0. The van der Waals surface area contributed by atoms with Gasteiger partial charge in [-0.2, -0.15) is 0 Å². The van der Waals surface area contributed by atoms with Gasteiger partial charge in [-0.15, -0.1) is 0 Å². The molecular weight excluding hydrogens is 1040 g/mol. The number of para-hydroxylation sites is 2. The molecule has 0 atom stereocenters. The van der Waals surface area contributed by atoms with Crippen LogP contribution in [0.25, 0.3) is 105 Å². The third-order valence-corrected chi connectivity index (χ3v) is 19.8. The van der Waals surface area contributed by atoms with E-state index in [1.807, 2.05) is 0 Å². The Labute approximate surface area is 492 Å². The Bertz CT molecular complexity index is 4340. The molecule has 0 spiro atoms. The van der Waals surface area contributed by atoms with E-state index in [4.69, 9.17) is 27.9 Å². The monoisotopic (exact) mass is 1100 g/mol. The molecule has 3 saturated heterocycles. The van der Waals surface area contributed by atoms with Gasteiger partial charge in [0, 0.05) is 49.4 Å². The fraction of sp³-hybridized carbons (Fsp3) is 0.250. The van der Waals surface area contributed by atoms with Crippen LogP contribution in [0.3, 0.4) is 0 Å². The predicted molar refractivity (Wildman–Crippen MR) is 347 cm³/mol. The van der Waals surface area contributed by atoms with Gasteiger partial charge in [0.2, 0.25) is 0 Å². The smallest absolute Gasteiger partial charge is 0.399 e. The third kappa shape index (κ3) is 8.16. The quantitative estimate of drug-likeness (QED) is 0.141. The zero-order valence-electron chi connectivity index (χ0n) is 50.0. The van der Waals surface area contributed by atoms with Crippen LogP contribution in [0.5, 0.6) is 0 Å². The van der Waals surface area contributed by atoms with E-state index in [1.165, 1.54) is 32.3 Å². The number of aromatic nitrogens is 3. The van der Waals surface area contributed by atoms with E-state index < -0.39 is 55.0 Å². The molecule has 84 heavy (non-hydrogen) atoms. The van der Waals surface area contributed by atoms with Crippen LogP contribution in [0.4, 0.5) is 0 Å². The fourth-order valence-electron chi connectivity index (χ4n) is 12.8. The van der Waals surface area contributed by atoms with Crippen molar-refractivity contribution >= 4 is 103 Å². The first kappa shape index (κ1) is 53.1. The van der Waals surface area contributed by atoms with Gasteiger partial charge >= 0.3 is 21.4 Å². The predicted octanol–water partition coefficient (Wildman–Crippen LogP) is 15.2. The maximum absolute atomic E-state index is 6.55. The Kier molecular flexibility index (Phi) is 11.6. The van der Waals surface area contributed by atoms with Crippen LogP contribution < -0.4 is 16.4 Å². The summed E-state index contributed by atoms with van der Waals surface area (Å²) in [5, 5.41) is 7.15. The zero-order chi connectivity index (χ0) is 58.0. The van der Waals surface area contributed by atoms with Crippen LogP contribution in [0, 0.1) is 0 Å². The highest BCUT2D eigenvalue weighted by atomic mass is 16.7. The second-order valence-electron chi connectivity index (χ2n) is 26.5. The van der Waals surface area contributed by atoms with Gasteiger partial charge in [-0.05, 0) is 195 Å². The van der Waals surface area contributed by atoms with Gasteiger partial charge in [-0.25, -0.2) is 0 Å². The first-order chi connectivity index (χ1) is 40.1. The number of fused-ring (bicyclic) bond motifs is 9. The van der Waals surface area contributed by atoms with Crippen LogP contribution in [0.2, 0.25) is 0 Å². The van der Waals surface area contributed by atoms with Crippen LogP contribution in [-0.2, 0) is 27.9 Å². The van der Waals surface area contributed by atoms with Crippen molar-refractivity contribution in [1.82, 2.24) is 13.7 Å². The van der Waals surface area contributed by atoms with Crippen molar-refractivity contribution in [3.05, 3.63) is 194 Å². The van der Waals surface area contributed by atoms with E-state index in [9.17, 15) is 0 Å². The summed E-state index contributed by atoms with van der Waals surface area (Å²) in [6.45, 7) is 25.2. The van der Waals surface area contributed by atoms with E-state index in [2.05, 4.69) is 291 Å². The molecule has 12 aromatic rings. The second kappa shape index (κ2) is 18.4. The van der Waals surface area contributed by atoms with E-state index in [0.717, 1.165) is 88.8 Å². The summed E-state index contributed by atoms with van der Waals surface area (Å²) in [6, 6.07) is 71.2. The lowest BCUT2D eigenvalue weighted by molar-refractivity contribution is 0.00578. The minimum absolute atomic E-state index is 0.423. The first-order valence-corrected chi connectivity index (χ1v) is 29.6. The molecule has 3 aliphatic rings. The van der Waals surface area contributed by atoms with Crippen molar-refractivity contribution in [2.45, 2.75) is 117 Å². The molecule has 12 heteroatoms. The Hall–Kier alpha value is -7.67. The maximum atomic E-state index is 6.55. The van der Waals surface area contributed by atoms with Crippen molar-refractivity contribution in [3.8, 4) is 39.3 Å². The molecular formula is C72H68B3N3O6. The lowest BCUT2D eigenvalue weighted by atomic mass is 9.79.